The molecule has 0 bridgehead atoms. The van der Waals surface area contributed by atoms with Crippen molar-refractivity contribution in [3.8, 4) is 0 Å². The van der Waals surface area contributed by atoms with Gasteiger partial charge in [-0.3, -0.25) is 4.79 Å². The van der Waals surface area contributed by atoms with E-state index in [1.807, 2.05) is 41.9 Å². The van der Waals surface area contributed by atoms with E-state index in [1.165, 1.54) is 16.2 Å². The standard InChI is InChI=1S/C15H19NO2S2/c1-11(9-12-5-3-7-19-12)14(17)16-10-15(2,18)13-6-4-8-20-13/h3-8,11,18H,9-10H2,1-2H3,(H,16,17). The zero-order valence-corrected chi connectivity index (χ0v) is 13.3. The molecule has 5 heteroatoms. The zero-order chi connectivity index (χ0) is 14.6. The van der Waals surface area contributed by atoms with Gasteiger partial charge in [0.15, 0.2) is 0 Å². The molecule has 0 aromatic carbocycles. The van der Waals surface area contributed by atoms with E-state index in [9.17, 15) is 9.90 Å². The Kier molecular flexibility index (Phi) is 4.96. The molecule has 20 heavy (non-hydrogen) atoms. The summed E-state index contributed by atoms with van der Waals surface area (Å²) in [4.78, 5) is 14.1. The van der Waals surface area contributed by atoms with Crippen LogP contribution in [-0.2, 0) is 16.8 Å². The fourth-order valence-electron chi connectivity index (χ4n) is 1.93. The van der Waals surface area contributed by atoms with E-state index >= 15 is 0 Å². The van der Waals surface area contributed by atoms with Crippen molar-refractivity contribution in [3.05, 3.63) is 44.8 Å². The van der Waals surface area contributed by atoms with Crippen LogP contribution in [0.5, 0.6) is 0 Å². The first kappa shape index (κ1) is 15.2. The van der Waals surface area contributed by atoms with Gasteiger partial charge in [-0.25, -0.2) is 0 Å². The van der Waals surface area contributed by atoms with Gasteiger partial charge in [-0.05, 0) is 36.2 Å². The molecule has 0 saturated carbocycles. The SMILES string of the molecule is CC(Cc1cccs1)C(=O)NCC(C)(O)c1cccs1. The maximum atomic E-state index is 12.1. The number of aliphatic hydroxyl groups is 1. The van der Waals surface area contributed by atoms with Crippen LogP contribution < -0.4 is 5.32 Å². The van der Waals surface area contributed by atoms with Crippen LogP contribution >= 0.6 is 22.7 Å². The lowest BCUT2D eigenvalue weighted by atomic mass is 10.0. The Balaban J connectivity index is 1.85. The highest BCUT2D eigenvalue weighted by atomic mass is 32.1. The van der Waals surface area contributed by atoms with Crippen LogP contribution in [-0.4, -0.2) is 17.6 Å². The van der Waals surface area contributed by atoms with Gasteiger partial charge >= 0.3 is 0 Å². The fourth-order valence-corrected chi connectivity index (χ4v) is 3.55. The van der Waals surface area contributed by atoms with E-state index in [0.29, 0.717) is 0 Å². The van der Waals surface area contributed by atoms with Gasteiger partial charge in [-0.15, -0.1) is 22.7 Å². The maximum Gasteiger partial charge on any atom is 0.223 e. The minimum absolute atomic E-state index is 0.0183. The molecule has 2 aromatic heterocycles. The van der Waals surface area contributed by atoms with Gasteiger partial charge in [0, 0.05) is 15.7 Å². The van der Waals surface area contributed by atoms with E-state index in [-0.39, 0.29) is 18.4 Å². The van der Waals surface area contributed by atoms with Crippen LogP contribution in [0.25, 0.3) is 0 Å². The molecule has 0 aliphatic heterocycles. The van der Waals surface area contributed by atoms with E-state index < -0.39 is 5.60 Å². The maximum absolute atomic E-state index is 12.1. The van der Waals surface area contributed by atoms with E-state index in [0.717, 1.165) is 11.3 Å². The fraction of sp³-hybridized carbons (Fsp3) is 0.400. The molecule has 1 amide bonds. The van der Waals surface area contributed by atoms with Crippen LogP contribution in [0.2, 0.25) is 0 Å². The molecule has 2 atom stereocenters. The summed E-state index contributed by atoms with van der Waals surface area (Å²) in [6.07, 6.45) is 0.741. The number of carbonyl (C=O) groups excluding carboxylic acids is 1. The number of amides is 1. The number of carbonyl (C=O) groups is 1. The summed E-state index contributed by atoms with van der Waals surface area (Å²) in [6.45, 7) is 3.87. The van der Waals surface area contributed by atoms with Crippen molar-refractivity contribution < 1.29 is 9.90 Å². The second-order valence-corrected chi connectivity index (χ2v) is 7.13. The van der Waals surface area contributed by atoms with Crippen LogP contribution in [0.15, 0.2) is 35.0 Å². The minimum Gasteiger partial charge on any atom is -0.383 e. The van der Waals surface area contributed by atoms with Crippen molar-refractivity contribution in [2.45, 2.75) is 25.9 Å². The minimum atomic E-state index is -1.01. The number of hydrogen-bond donors (Lipinski definition) is 2. The Labute approximate surface area is 127 Å². The average molecular weight is 309 g/mol. The van der Waals surface area contributed by atoms with Gasteiger partial charge in [0.2, 0.25) is 5.91 Å². The molecule has 2 aromatic rings. The van der Waals surface area contributed by atoms with Crippen molar-refractivity contribution in [1.29, 1.82) is 0 Å². The van der Waals surface area contributed by atoms with E-state index in [1.54, 1.807) is 18.3 Å². The third-order valence-corrected chi connectivity index (χ3v) is 5.22. The molecule has 2 rings (SSSR count). The monoisotopic (exact) mass is 309 g/mol. The highest BCUT2D eigenvalue weighted by Gasteiger charge is 2.25. The molecule has 108 valence electrons. The van der Waals surface area contributed by atoms with Crippen molar-refractivity contribution >= 4 is 28.6 Å². The van der Waals surface area contributed by atoms with Crippen LogP contribution in [0.4, 0.5) is 0 Å². The molecule has 0 fully saturated rings. The molecule has 0 aliphatic rings. The summed E-state index contributed by atoms with van der Waals surface area (Å²) in [5, 5.41) is 17.1. The van der Waals surface area contributed by atoms with Gasteiger partial charge in [-0.2, -0.15) is 0 Å². The lowest BCUT2D eigenvalue weighted by Gasteiger charge is -2.23. The van der Waals surface area contributed by atoms with Crippen LogP contribution in [0.1, 0.15) is 23.6 Å². The molecule has 0 spiro atoms. The lowest BCUT2D eigenvalue weighted by molar-refractivity contribution is -0.125. The molecule has 3 nitrogen and oxygen atoms in total. The summed E-state index contributed by atoms with van der Waals surface area (Å²) in [5.74, 6) is -0.108. The van der Waals surface area contributed by atoms with Crippen LogP contribution in [0, 0.1) is 5.92 Å². The Hall–Kier alpha value is -1.17. The second kappa shape index (κ2) is 6.52. The molecule has 0 aliphatic carbocycles. The van der Waals surface area contributed by atoms with E-state index in [2.05, 4.69) is 5.32 Å². The number of hydrogen-bond acceptors (Lipinski definition) is 4. The molecule has 2 N–H and O–H groups in total. The lowest BCUT2D eigenvalue weighted by Crippen LogP contribution is -2.40. The Morgan fingerprint density at radius 2 is 2.05 bits per heavy atom. The van der Waals surface area contributed by atoms with Gasteiger partial charge in [0.1, 0.15) is 5.60 Å². The van der Waals surface area contributed by atoms with Gasteiger partial charge in [0.05, 0.1) is 6.54 Å². The smallest absolute Gasteiger partial charge is 0.223 e. The van der Waals surface area contributed by atoms with Gasteiger partial charge < -0.3 is 10.4 Å². The summed E-state index contributed by atoms with van der Waals surface area (Å²) in [5.41, 5.74) is -1.01. The predicted octanol–water partition coefficient (Wildman–Crippen LogP) is 3.01. The topological polar surface area (TPSA) is 49.3 Å². The Morgan fingerprint density at radius 1 is 1.35 bits per heavy atom. The van der Waals surface area contributed by atoms with Crippen molar-refractivity contribution in [1.82, 2.24) is 5.32 Å². The molecular formula is C15H19NO2S2. The molecule has 2 unspecified atom stereocenters. The third kappa shape index (κ3) is 3.91. The Morgan fingerprint density at radius 3 is 2.65 bits per heavy atom. The van der Waals surface area contributed by atoms with Gasteiger partial charge in [-0.1, -0.05) is 19.1 Å². The Bertz CT molecular complexity index is 532. The van der Waals surface area contributed by atoms with Crippen molar-refractivity contribution in [2.75, 3.05) is 6.54 Å². The first-order chi connectivity index (χ1) is 9.49. The normalized spacial score (nSPS) is 15.6. The second-order valence-electron chi connectivity index (χ2n) is 5.15. The first-order valence-electron chi connectivity index (χ1n) is 6.55. The number of nitrogens with one attached hydrogen (secondary N) is 1. The summed E-state index contributed by atoms with van der Waals surface area (Å²) in [6, 6.07) is 7.81. The highest BCUT2D eigenvalue weighted by molar-refractivity contribution is 7.10. The highest BCUT2D eigenvalue weighted by Crippen LogP contribution is 2.24. The largest absolute Gasteiger partial charge is 0.383 e. The molecule has 0 saturated heterocycles. The van der Waals surface area contributed by atoms with Crippen molar-refractivity contribution in [3.63, 3.8) is 0 Å². The first-order valence-corrected chi connectivity index (χ1v) is 8.31. The van der Waals surface area contributed by atoms with Gasteiger partial charge in [0.25, 0.3) is 0 Å². The number of rotatable bonds is 6. The zero-order valence-electron chi connectivity index (χ0n) is 11.6. The predicted molar refractivity (Wildman–Crippen MR) is 84.1 cm³/mol. The average Bonchev–Trinajstić information content (AvgIpc) is 3.08. The summed E-state index contributed by atoms with van der Waals surface area (Å²) in [7, 11) is 0. The summed E-state index contributed by atoms with van der Waals surface area (Å²) < 4.78 is 0. The quantitative estimate of drug-likeness (QED) is 0.862. The molecule has 2 heterocycles. The third-order valence-electron chi connectivity index (χ3n) is 3.19. The molecule has 0 radical (unpaired) electrons. The van der Waals surface area contributed by atoms with Crippen molar-refractivity contribution in [2.24, 2.45) is 5.92 Å². The molecular weight excluding hydrogens is 290 g/mol. The van der Waals surface area contributed by atoms with Crippen LogP contribution in [0.3, 0.4) is 0 Å². The van der Waals surface area contributed by atoms with E-state index in [4.69, 9.17) is 0 Å². The summed E-state index contributed by atoms with van der Waals surface area (Å²) >= 11 is 3.16. The number of thiophene rings is 2.